The average Bonchev–Trinajstić information content (AvgIpc) is 2.96. The van der Waals surface area contributed by atoms with Crippen molar-refractivity contribution in [3.05, 3.63) is 5.01 Å². The van der Waals surface area contributed by atoms with Crippen LogP contribution in [-0.4, -0.2) is 40.1 Å². The van der Waals surface area contributed by atoms with Gasteiger partial charge in [0.05, 0.1) is 7.11 Å². The summed E-state index contributed by atoms with van der Waals surface area (Å²) < 4.78 is 5.99. The highest BCUT2D eigenvalue weighted by molar-refractivity contribution is 8.01. The molecular formula is C13H21N3O2S2. The summed E-state index contributed by atoms with van der Waals surface area (Å²) >= 11 is 3.33. The third-order valence-corrected chi connectivity index (χ3v) is 5.58. The molecule has 20 heavy (non-hydrogen) atoms. The predicted octanol–water partition coefficient (Wildman–Crippen LogP) is 2.40. The average molecular weight is 315 g/mol. The fourth-order valence-corrected chi connectivity index (χ4v) is 5.05. The second-order valence-electron chi connectivity index (χ2n) is 5.44. The summed E-state index contributed by atoms with van der Waals surface area (Å²) in [5, 5.41) is 12.9. The minimum Gasteiger partial charge on any atom is -0.468 e. The Kier molecular flexibility index (Phi) is 5.04. The van der Waals surface area contributed by atoms with E-state index < -0.39 is 5.54 Å². The number of hydrogen-bond acceptors (Lipinski definition) is 7. The summed E-state index contributed by atoms with van der Waals surface area (Å²) in [6, 6.07) is 0.252. The topological polar surface area (TPSA) is 64.1 Å². The molecule has 0 amide bonds. The van der Waals surface area contributed by atoms with E-state index in [9.17, 15) is 4.79 Å². The Hall–Kier alpha value is -0.660. The second kappa shape index (κ2) is 6.41. The van der Waals surface area contributed by atoms with Crippen molar-refractivity contribution >= 4 is 29.1 Å². The fourth-order valence-electron chi connectivity index (χ4n) is 2.69. The van der Waals surface area contributed by atoms with Crippen molar-refractivity contribution in [3.8, 4) is 0 Å². The summed E-state index contributed by atoms with van der Waals surface area (Å²) in [5.74, 6) is -0.150. The molecule has 1 fully saturated rings. The molecule has 7 heteroatoms. The molecule has 0 radical (unpaired) electrons. The molecule has 0 spiro atoms. The van der Waals surface area contributed by atoms with Crippen molar-refractivity contribution < 1.29 is 9.53 Å². The smallest absolute Gasteiger partial charge is 0.326 e. The zero-order valence-corrected chi connectivity index (χ0v) is 13.9. The van der Waals surface area contributed by atoms with Gasteiger partial charge in [-0.1, -0.05) is 23.1 Å². The number of carbonyl (C=O) groups is 1. The van der Waals surface area contributed by atoms with Crippen LogP contribution in [0.25, 0.3) is 0 Å². The maximum Gasteiger partial charge on any atom is 0.326 e. The van der Waals surface area contributed by atoms with Crippen LogP contribution in [0.4, 0.5) is 0 Å². The van der Waals surface area contributed by atoms with Crippen LogP contribution >= 0.6 is 23.1 Å². The number of ether oxygens (including phenoxy) is 1. The van der Waals surface area contributed by atoms with E-state index in [1.807, 2.05) is 6.92 Å². The zero-order chi connectivity index (χ0) is 14.8. The van der Waals surface area contributed by atoms with Crippen molar-refractivity contribution in [2.75, 3.05) is 7.11 Å². The molecule has 1 aliphatic carbocycles. The zero-order valence-electron chi connectivity index (χ0n) is 12.3. The van der Waals surface area contributed by atoms with E-state index in [0.717, 1.165) is 28.6 Å². The SMILES string of the molecule is COC(=O)C1(NC(C)C)CCC(Sc2nnc(C)s2)C1. The van der Waals surface area contributed by atoms with Crippen LogP contribution in [0.1, 0.15) is 38.1 Å². The molecule has 1 N–H and O–H groups in total. The summed E-state index contributed by atoms with van der Waals surface area (Å²) in [6.45, 7) is 6.06. The van der Waals surface area contributed by atoms with Gasteiger partial charge in [0.25, 0.3) is 0 Å². The first-order chi connectivity index (χ1) is 9.45. The number of aryl methyl sites for hydroxylation is 1. The molecular weight excluding hydrogens is 294 g/mol. The maximum absolute atomic E-state index is 12.2. The Morgan fingerprint density at radius 1 is 1.55 bits per heavy atom. The Labute approximate surface area is 127 Å². The maximum atomic E-state index is 12.2. The third-order valence-electron chi connectivity index (χ3n) is 3.39. The van der Waals surface area contributed by atoms with Gasteiger partial charge in [0.15, 0.2) is 4.34 Å². The van der Waals surface area contributed by atoms with Gasteiger partial charge in [-0.25, -0.2) is 0 Å². The highest BCUT2D eigenvalue weighted by atomic mass is 32.2. The number of rotatable bonds is 5. The van der Waals surface area contributed by atoms with E-state index in [1.54, 1.807) is 23.1 Å². The van der Waals surface area contributed by atoms with Gasteiger partial charge in [-0.2, -0.15) is 0 Å². The molecule has 2 unspecified atom stereocenters. The van der Waals surface area contributed by atoms with Gasteiger partial charge < -0.3 is 4.74 Å². The van der Waals surface area contributed by atoms with Crippen molar-refractivity contribution in [3.63, 3.8) is 0 Å². The monoisotopic (exact) mass is 315 g/mol. The lowest BCUT2D eigenvalue weighted by molar-refractivity contribution is -0.148. The molecule has 0 aromatic carbocycles. The molecule has 0 aliphatic heterocycles. The predicted molar refractivity (Wildman–Crippen MR) is 81.2 cm³/mol. The second-order valence-corrected chi connectivity index (χ2v) is 8.17. The third kappa shape index (κ3) is 3.51. The van der Waals surface area contributed by atoms with Crippen LogP contribution in [-0.2, 0) is 9.53 Å². The molecule has 2 rings (SSSR count). The lowest BCUT2D eigenvalue weighted by atomic mass is 9.97. The number of methoxy groups -OCH3 is 1. The number of nitrogens with one attached hydrogen (secondary N) is 1. The number of nitrogens with zero attached hydrogens (tertiary/aromatic N) is 2. The van der Waals surface area contributed by atoms with Crippen LogP contribution in [0.3, 0.4) is 0 Å². The van der Waals surface area contributed by atoms with Crippen molar-refractivity contribution in [2.24, 2.45) is 0 Å². The normalized spacial score (nSPS) is 26.1. The van der Waals surface area contributed by atoms with Gasteiger partial charge in [-0.05, 0) is 40.0 Å². The van der Waals surface area contributed by atoms with E-state index in [0.29, 0.717) is 5.25 Å². The summed E-state index contributed by atoms with van der Waals surface area (Å²) in [6.07, 6.45) is 2.58. The number of aromatic nitrogens is 2. The molecule has 5 nitrogen and oxygen atoms in total. The summed E-state index contributed by atoms with van der Waals surface area (Å²) in [5.41, 5.74) is -0.541. The van der Waals surface area contributed by atoms with E-state index in [4.69, 9.17) is 4.74 Å². The van der Waals surface area contributed by atoms with Gasteiger partial charge in [0, 0.05) is 11.3 Å². The number of thioether (sulfide) groups is 1. The molecule has 2 atom stereocenters. The summed E-state index contributed by atoms with van der Waals surface area (Å²) in [4.78, 5) is 12.2. The molecule has 1 heterocycles. The van der Waals surface area contributed by atoms with Crippen molar-refractivity contribution in [1.29, 1.82) is 0 Å². The van der Waals surface area contributed by atoms with Crippen molar-refractivity contribution in [1.82, 2.24) is 15.5 Å². The van der Waals surface area contributed by atoms with Crippen LogP contribution in [0.5, 0.6) is 0 Å². The molecule has 1 aromatic heterocycles. The van der Waals surface area contributed by atoms with Crippen LogP contribution < -0.4 is 5.32 Å². The van der Waals surface area contributed by atoms with Crippen LogP contribution in [0.15, 0.2) is 4.34 Å². The first-order valence-corrected chi connectivity index (χ1v) is 8.47. The van der Waals surface area contributed by atoms with Crippen LogP contribution in [0.2, 0.25) is 0 Å². The Bertz CT molecular complexity index is 478. The van der Waals surface area contributed by atoms with Gasteiger partial charge >= 0.3 is 5.97 Å². The largest absolute Gasteiger partial charge is 0.468 e. The van der Waals surface area contributed by atoms with Crippen LogP contribution in [0, 0.1) is 6.92 Å². The highest BCUT2D eigenvalue weighted by Gasteiger charge is 2.47. The first kappa shape index (κ1) is 15.7. The number of carbonyl (C=O) groups excluding carboxylic acids is 1. The van der Waals surface area contributed by atoms with E-state index in [2.05, 4.69) is 29.4 Å². The molecule has 1 aromatic rings. The molecule has 112 valence electrons. The number of hydrogen-bond donors (Lipinski definition) is 1. The molecule has 1 saturated carbocycles. The fraction of sp³-hybridized carbons (Fsp3) is 0.769. The Morgan fingerprint density at radius 3 is 2.85 bits per heavy atom. The minimum atomic E-state index is -0.541. The molecule has 1 aliphatic rings. The van der Waals surface area contributed by atoms with Gasteiger partial charge in [0.2, 0.25) is 0 Å². The Balaban J connectivity index is 2.05. The lowest BCUT2D eigenvalue weighted by Gasteiger charge is -2.29. The first-order valence-electron chi connectivity index (χ1n) is 6.78. The highest BCUT2D eigenvalue weighted by Crippen LogP contribution is 2.41. The lowest BCUT2D eigenvalue weighted by Crippen LogP contribution is -2.53. The molecule has 0 saturated heterocycles. The van der Waals surface area contributed by atoms with Gasteiger partial charge in [-0.15, -0.1) is 10.2 Å². The van der Waals surface area contributed by atoms with Gasteiger partial charge in [-0.3, -0.25) is 10.1 Å². The van der Waals surface area contributed by atoms with Gasteiger partial charge in [0.1, 0.15) is 10.5 Å². The quantitative estimate of drug-likeness (QED) is 0.842. The summed E-state index contributed by atoms with van der Waals surface area (Å²) in [7, 11) is 1.46. The van der Waals surface area contributed by atoms with E-state index in [1.165, 1.54) is 7.11 Å². The van der Waals surface area contributed by atoms with Crippen molar-refractivity contribution in [2.45, 2.75) is 61.2 Å². The Morgan fingerprint density at radius 2 is 2.30 bits per heavy atom. The van der Waals surface area contributed by atoms with E-state index in [-0.39, 0.29) is 12.0 Å². The molecule has 0 bridgehead atoms. The standard InChI is InChI=1S/C13H21N3O2S2/c1-8(2)14-13(11(17)18-4)6-5-10(7-13)20-12-16-15-9(3)19-12/h8,10,14H,5-7H2,1-4H3. The van der Waals surface area contributed by atoms with E-state index >= 15 is 0 Å². The number of esters is 1. The minimum absolute atomic E-state index is 0.150.